The van der Waals surface area contributed by atoms with Crippen LogP contribution in [0.4, 0.5) is 0 Å². The van der Waals surface area contributed by atoms with E-state index in [1.54, 1.807) is 25.3 Å². The largest absolute Gasteiger partial charge is 0.497 e. The molecule has 4 nitrogen and oxygen atoms in total. The lowest BCUT2D eigenvalue weighted by Crippen LogP contribution is -2.37. The first-order valence-corrected chi connectivity index (χ1v) is 8.36. The first-order valence-electron chi connectivity index (χ1n) is 8.36. The van der Waals surface area contributed by atoms with Crippen LogP contribution in [0.25, 0.3) is 0 Å². The van der Waals surface area contributed by atoms with E-state index in [0.29, 0.717) is 11.3 Å². The monoisotopic (exact) mass is 325 g/mol. The van der Waals surface area contributed by atoms with Crippen LogP contribution in [0, 0.1) is 0 Å². The summed E-state index contributed by atoms with van der Waals surface area (Å²) in [5, 5.41) is 0. The van der Waals surface area contributed by atoms with Gasteiger partial charge in [0.15, 0.2) is 0 Å². The van der Waals surface area contributed by atoms with Crippen LogP contribution in [-0.2, 0) is 11.3 Å². The highest BCUT2D eigenvalue weighted by atomic mass is 16.5. The van der Waals surface area contributed by atoms with E-state index in [1.807, 2.05) is 12.1 Å². The van der Waals surface area contributed by atoms with Crippen molar-refractivity contribution in [2.24, 2.45) is 0 Å². The van der Waals surface area contributed by atoms with Gasteiger partial charge in [0, 0.05) is 19.6 Å². The second-order valence-electron chi connectivity index (χ2n) is 6.10. The summed E-state index contributed by atoms with van der Waals surface area (Å²) in [5.74, 6) is 0.400. The highest BCUT2D eigenvalue weighted by Crippen LogP contribution is 2.19. The lowest BCUT2D eigenvalue weighted by Gasteiger charge is -2.31. The van der Waals surface area contributed by atoms with Crippen molar-refractivity contribution in [1.82, 2.24) is 4.90 Å². The molecule has 126 valence electrons. The molecule has 1 aliphatic heterocycles. The Labute approximate surface area is 143 Å². The minimum absolute atomic E-state index is 0.00396. The lowest BCUT2D eigenvalue weighted by atomic mass is 10.1. The zero-order chi connectivity index (χ0) is 16.8. The maximum absolute atomic E-state index is 12.3. The van der Waals surface area contributed by atoms with Crippen molar-refractivity contribution < 1.29 is 14.3 Å². The van der Waals surface area contributed by atoms with Gasteiger partial charge in [0.25, 0.3) is 0 Å². The van der Waals surface area contributed by atoms with Gasteiger partial charge < -0.3 is 9.47 Å². The van der Waals surface area contributed by atoms with Gasteiger partial charge in [-0.2, -0.15) is 0 Å². The zero-order valence-corrected chi connectivity index (χ0v) is 14.0. The number of carbonyl (C=O) groups excluding carboxylic acids is 1. The van der Waals surface area contributed by atoms with Gasteiger partial charge in [-0.1, -0.05) is 36.4 Å². The van der Waals surface area contributed by atoms with Gasteiger partial charge in [0.05, 0.1) is 12.7 Å². The summed E-state index contributed by atoms with van der Waals surface area (Å²) in [7, 11) is 1.59. The summed E-state index contributed by atoms with van der Waals surface area (Å²) in [5.41, 5.74) is 1.87. The number of rotatable bonds is 5. The third-order valence-electron chi connectivity index (χ3n) is 4.36. The Morgan fingerprint density at radius 2 is 1.83 bits per heavy atom. The van der Waals surface area contributed by atoms with Crippen LogP contribution >= 0.6 is 0 Å². The van der Waals surface area contributed by atoms with E-state index in [0.717, 1.165) is 32.5 Å². The molecule has 1 heterocycles. The summed E-state index contributed by atoms with van der Waals surface area (Å²) in [6.45, 7) is 2.85. The number of carbonyl (C=O) groups is 1. The first-order chi connectivity index (χ1) is 11.7. The predicted molar refractivity (Wildman–Crippen MR) is 93.2 cm³/mol. The van der Waals surface area contributed by atoms with Crippen molar-refractivity contribution in [2.45, 2.75) is 25.5 Å². The molecule has 0 aliphatic carbocycles. The topological polar surface area (TPSA) is 38.8 Å². The van der Waals surface area contributed by atoms with Crippen LogP contribution in [0.15, 0.2) is 54.6 Å². The van der Waals surface area contributed by atoms with E-state index in [-0.39, 0.29) is 12.1 Å². The average Bonchev–Trinajstić information content (AvgIpc) is 2.64. The molecular formula is C20H23NO3. The van der Waals surface area contributed by atoms with Gasteiger partial charge in [0.2, 0.25) is 0 Å². The van der Waals surface area contributed by atoms with Crippen LogP contribution in [0.3, 0.4) is 0 Å². The third-order valence-corrected chi connectivity index (χ3v) is 4.36. The van der Waals surface area contributed by atoms with Crippen LogP contribution in [-0.4, -0.2) is 37.2 Å². The Morgan fingerprint density at radius 1 is 1.08 bits per heavy atom. The number of benzene rings is 2. The fraction of sp³-hybridized carbons (Fsp3) is 0.350. The van der Waals surface area contributed by atoms with Gasteiger partial charge in [-0.05, 0) is 36.6 Å². The third kappa shape index (κ3) is 4.36. The normalized spacial score (nSPS) is 15.9. The van der Waals surface area contributed by atoms with Crippen LogP contribution in [0.5, 0.6) is 5.75 Å². The van der Waals surface area contributed by atoms with E-state index >= 15 is 0 Å². The van der Waals surface area contributed by atoms with Crippen molar-refractivity contribution in [2.75, 3.05) is 20.2 Å². The number of hydrogen-bond donors (Lipinski definition) is 0. The maximum Gasteiger partial charge on any atom is 0.338 e. The summed E-state index contributed by atoms with van der Waals surface area (Å²) in [6, 6.07) is 17.6. The number of nitrogens with zero attached hydrogens (tertiary/aromatic N) is 1. The molecule has 2 aromatic rings. The lowest BCUT2D eigenvalue weighted by molar-refractivity contribution is 0.0104. The Balaban J connectivity index is 1.49. The molecule has 0 amide bonds. The van der Waals surface area contributed by atoms with Crippen LogP contribution < -0.4 is 4.74 Å². The first kappa shape index (κ1) is 16.5. The molecule has 4 heteroatoms. The molecule has 1 saturated heterocycles. The zero-order valence-electron chi connectivity index (χ0n) is 14.0. The Kier molecular flexibility index (Phi) is 5.49. The molecule has 1 fully saturated rings. The fourth-order valence-corrected chi connectivity index (χ4v) is 3.00. The van der Waals surface area contributed by atoms with Gasteiger partial charge in [-0.15, -0.1) is 0 Å². The molecule has 0 bridgehead atoms. The molecule has 0 radical (unpaired) electrons. The SMILES string of the molecule is COc1cccc(C(=O)OC2CCN(Cc3ccccc3)CC2)c1. The molecule has 0 unspecified atom stereocenters. The van der Waals surface area contributed by atoms with Crippen molar-refractivity contribution in [1.29, 1.82) is 0 Å². The smallest absolute Gasteiger partial charge is 0.338 e. The predicted octanol–water partition coefficient (Wildman–Crippen LogP) is 3.52. The second-order valence-corrected chi connectivity index (χ2v) is 6.10. The molecule has 3 rings (SSSR count). The number of piperidine rings is 1. The number of hydrogen-bond acceptors (Lipinski definition) is 4. The average molecular weight is 325 g/mol. The number of methoxy groups -OCH3 is 1. The van der Waals surface area contributed by atoms with E-state index in [1.165, 1.54) is 5.56 Å². The molecule has 24 heavy (non-hydrogen) atoms. The van der Waals surface area contributed by atoms with Crippen LogP contribution in [0.1, 0.15) is 28.8 Å². The maximum atomic E-state index is 12.3. The molecule has 0 spiro atoms. The van der Waals surface area contributed by atoms with E-state index < -0.39 is 0 Å². The number of esters is 1. The van der Waals surface area contributed by atoms with E-state index in [2.05, 4.69) is 29.2 Å². The van der Waals surface area contributed by atoms with Crippen molar-refractivity contribution >= 4 is 5.97 Å². The van der Waals surface area contributed by atoms with E-state index in [4.69, 9.17) is 9.47 Å². The van der Waals surface area contributed by atoms with Gasteiger partial charge in [-0.25, -0.2) is 4.79 Å². The summed E-state index contributed by atoms with van der Waals surface area (Å²) in [6.07, 6.45) is 1.75. The number of ether oxygens (including phenoxy) is 2. The quantitative estimate of drug-likeness (QED) is 0.789. The Hall–Kier alpha value is -2.33. The van der Waals surface area contributed by atoms with Crippen LogP contribution in [0.2, 0.25) is 0 Å². The van der Waals surface area contributed by atoms with Crippen molar-refractivity contribution in [3.63, 3.8) is 0 Å². The van der Waals surface area contributed by atoms with Gasteiger partial charge >= 0.3 is 5.97 Å². The van der Waals surface area contributed by atoms with Crippen molar-refractivity contribution in [3.05, 3.63) is 65.7 Å². The Morgan fingerprint density at radius 3 is 2.54 bits per heavy atom. The second kappa shape index (κ2) is 7.97. The van der Waals surface area contributed by atoms with Gasteiger partial charge in [0.1, 0.15) is 11.9 Å². The molecule has 2 aromatic carbocycles. The molecule has 0 N–H and O–H groups in total. The number of likely N-dealkylation sites (tertiary alicyclic amines) is 1. The van der Waals surface area contributed by atoms with Crippen molar-refractivity contribution in [3.8, 4) is 5.75 Å². The fourth-order valence-electron chi connectivity index (χ4n) is 3.00. The molecule has 1 aliphatic rings. The highest BCUT2D eigenvalue weighted by molar-refractivity contribution is 5.89. The standard InChI is InChI=1S/C20H23NO3/c1-23-19-9-5-8-17(14-19)20(22)24-18-10-12-21(13-11-18)15-16-6-3-2-4-7-16/h2-9,14,18H,10-13,15H2,1H3. The minimum Gasteiger partial charge on any atom is -0.497 e. The summed E-state index contributed by atoms with van der Waals surface area (Å²) >= 11 is 0. The molecule has 0 atom stereocenters. The highest BCUT2D eigenvalue weighted by Gasteiger charge is 2.23. The summed E-state index contributed by atoms with van der Waals surface area (Å²) < 4.78 is 10.8. The molecule has 0 saturated carbocycles. The minimum atomic E-state index is -0.268. The molecule has 0 aromatic heterocycles. The Bertz CT molecular complexity index is 664. The van der Waals surface area contributed by atoms with E-state index in [9.17, 15) is 4.79 Å². The summed E-state index contributed by atoms with van der Waals surface area (Å²) in [4.78, 5) is 14.7. The molecular weight excluding hydrogens is 302 g/mol. The van der Waals surface area contributed by atoms with Gasteiger partial charge in [-0.3, -0.25) is 4.90 Å².